The predicted octanol–water partition coefficient (Wildman–Crippen LogP) is 1.26. The van der Waals surface area contributed by atoms with Crippen LogP contribution in [0, 0.1) is 20.8 Å². The molecule has 0 spiro atoms. The highest BCUT2D eigenvalue weighted by Gasteiger charge is 2.14. The number of rotatable bonds is 5. The monoisotopic (exact) mass is 328 g/mol. The molecule has 0 saturated heterocycles. The van der Waals surface area contributed by atoms with Crippen molar-refractivity contribution in [1.29, 1.82) is 0 Å². The van der Waals surface area contributed by atoms with E-state index in [2.05, 4.69) is 10.1 Å². The molecule has 0 aliphatic heterocycles. The Balaban J connectivity index is 1.77. The number of hydrogen-bond donors (Lipinski definition) is 1. The van der Waals surface area contributed by atoms with Gasteiger partial charge in [-0.15, -0.1) is 0 Å². The molecule has 0 aliphatic rings. The molecule has 1 N–H and O–H groups in total. The van der Waals surface area contributed by atoms with Gasteiger partial charge < -0.3 is 14.4 Å². The third kappa shape index (κ3) is 3.03. The number of aryl methyl sites for hydroxylation is 3. The molecule has 0 aliphatic carbocycles. The number of ether oxygens (including phenoxy) is 1. The number of fused-ring (bicyclic) bond motifs is 1. The first-order chi connectivity index (χ1) is 11.5. The molecule has 0 saturated carbocycles. The normalized spacial score (nSPS) is 12.5. The van der Waals surface area contributed by atoms with Crippen molar-refractivity contribution in [2.75, 3.05) is 6.61 Å². The minimum atomic E-state index is -0.745. The van der Waals surface area contributed by atoms with Gasteiger partial charge in [0.1, 0.15) is 24.8 Å². The highest BCUT2D eigenvalue weighted by molar-refractivity contribution is 5.39. The zero-order valence-electron chi connectivity index (χ0n) is 13.9. The molecule has 126 valence electrons. The second-order valence-corrected chi connectivity index (χ2v) is 5.89. The van der Waals surface area contributed by atoms with E-state index < -0.39 is 6.10 Å². The molecule has 1 aromatic carbocycles. The van der Waals surface area contributed by atoms with Gasteiger partial charge in [0, 0.05) is 11.8 Å². The van der Waals surface area contributed by atoms with Crippen LogP contribution in [0.15, 0.2) is 35.4 Å². The summed E-state index contributed by atoms with van der Waals surface area (Å²) in [5, 5.41) is 14.3. The number of para-hydroxylation sites is 1. The highest BCUT2D eigenvalue weighted by atomic mass is 16.5. The Bertz CT molecular complexity index is 909. The first-order valence-corrected chi connectivity index (χ1v) is 7.74. The van der Waals surface area contributed by atoms with Crippen molar-refractivity contribution >= 4 is 5.78 Å². The summed E-state index contributed by atoms with van der Waals surface area (Å²) in [5.41, 5.74) is 2.53. The summed E-state index contributed by atoms with van der Waals surface area (Å²) in [6.45, 7) is 6.16. The predicted molar refractivity (Wildman–Crippen MR) is 89.4 cm³/mol. The van der Waals surface area contributed by atoms with Crippen molar-refractivity contribution in [3.63, 3.8) is 0 Å². The average Bonchev–Trinajstić information content (AvgIpc) is 3.01. The maximum absolute atomic E-state index is 11.8. The lowest BCUT2D eigenvalue weighted by Crippen LogP contribution is -2.28. The van der Waals surface area contributed by atoms with E-state index in [1.54, 1.807) is 11.5 Å². The second kappa shape index (κ2) is 6.45. The molecule has 24 heavy (non-hydrogen) atoms. The lowest BCUT2D eigenvalue weighted by molar-refractivity contribution is 0.0918. The lowest BCUT2D eigenvalue weighted by Gasteiger charge is -2.18. The second-order valence-electron chi connectivity index (χ2n) is 5.89. The van der Waals surface area contributed by atoms with E-state index in [0.29, 0.717) is 11.5 Å². The lowest BCUT2D eigenvalue weighted by atomic mass is 10.1. The minimum Gasteiger partial charge on any atom is -0.490 e. The molecule has 3 aromatic rings. The Morgan fingerprint density at radius 2 is 1.96 bits per heavy atom. The number of hydrogen-bond acceptors (Lipinski definition) is 5. The molecular weight excluding hydrogens is 308 g/mol. The molecule has 7 heteroatoms. The fraction of sp³-hybridized carbons (Fsp3) is 0.353. The molecule has 2 heterocycles. The van der Waals surface area contributed by atoms with Crippen LogP contribution in [-0.4, -0.2) is 37.0 Å². The minimum absolute atomic E-state index is 0.150. The van der Waals surface area contributed by atoms with Gasteiger partial charge in [0.25, 0.3) is 5.56 Å². The molecule has 0 unspecified atom stereocenters. The number of aliphatic hydroxyl groups excluding tert-OH is 1. The number of aromatic nitrogens is 4. The Morgan fingerprint density at radius 1 is 1.25 bits per heavy atom. The van der Waals surface area contributed by atoms with Gasteiger partial charge in [0.2, 0.25) is 5.78 Å². The molecule has 2 aromatic heterocycles. The van der Waals surface area contributed by atoms with E-state index in [4.69, 9.17) is 4.74 Å². The molecule has 3 rings (SSSR count). The largest absolute Gasteiger partial charge is 0.490 e. The van der Waals surface area contributed by atoms with Crippen LogP contribution in [0.3, 0.4) is 0 Å². The first-order valence-electron chi connectivity index (χ1n) is 7.74. The van der Waals surface area contributed by atoms with Gasteiger partial charge in [-0.05, 0) is 31.9 Å². The van der Waals surface area contributed by atoms with Gasteiger partial charge in [0.05, 0.1) is 6.54 Å². The van der Waals surface area contributed by atoms with Crippen LogP contribution >= 0.6 is 0 Å². The fourth-order valence-electron chi connectivity index (χ4n) is 2.75. The zero-order chi connectivity index (χ0) is 17.3. The van der Waals surface area contributed by atoms with Crippen molar-refractivity contribution < 1.29 is 9.84 Å². The Morgan fingerprint density at radius 3 is 2.67 bits per heavy atom. The van der Waals surface area contributed by atoms with E-state index in [9.17, 15) is 9.90 Å². The van der Waals surface area contributed by atoms with Gasteiger partial charge in [0.15, 0.2) is 0 Å². The van der Waals surface area contributed by atoms with Gasteiger partial charge in [-0.25, -0.2) is 0 Å². The van der Waals surface area contributed by atoms with E-state index in [1.165, 1.54) is 16.9 Å². The Kier molecular flexibility index (Phi) is 4.35. The van der Waals surface area contributed by atoms with E-state index in [0.717, 1.165) is 16.9 Å². The maximum Gasteiger partial charge on any atom is 0.275 e. The number of aliphatic hydroxyl groups is 1. The Hall–Kier alpha value is -2.67. The molecule has 0 radical (unpaired) electrons. The molecular formula is C17H20N4O3. The van der Waals surface area contributed by atoms with Gasteiger partial charge in [-0.2, -0.15) is 14.6 Å². The average molecular weight is 328 g/mol. The summed E-state index contributed by atoms with van der Waals surface area (Å²) < 4.78 is 8.76. The fourth-order valence-corrected chi connectivity index (χ4v) is 2.75. The first kappa shape index (κ1) is 16.2. The molecule has 0 fully saturated rings. The van der Waals surface area contributed by atoms with E-state index in [-0.39, 0.29) is 18.7 Å². The molecule has 7 nitrogen and oxygen atoms in total. The summed E-state index contributed by atoms with van der Waals surface area (Å²) in [6.07, 6.45) is 0.581. The van der Waals surface area contributed by atoms with Crippen LogP contribution in [0.2, 0.25) is 0 Å². The topological polar surface area (TPSA) is 81.7 Å². The SMILES string of the molecule is Cc1cccc(C)c1OC[C@@H](O)Cn1c(C)cc(=O)n2ncnc12. The summed E-state index contributed by atoms with van der Waals surface area (Å²) in [4.78, 5) is 15.9. The summed E-state index contributed by atoms with van der Waals surface area (Å²) in [5.74, 6) is 1.20. The van der Waals surface area contributed by atoms with Crippen LogP contribution in [0.25, 0.3) is 5.78 Å². The van der Waals surface area contributed by atoms with Gasteiger partial charge in [-0.3, -0.25) is 4.79 Å². The number of benzene rings is 1. The van der Waals surface area contributed by atoms with Crippen molar-refractivity contribution in [2.24, 2.45) is 0 Å². The van der Waals surface area contributed by atoms with Crippen LogP contribution in [0.5, 0.6) is 5.75 Å². The van der Waals surface area contributed by atoms with Crippen LogP contribution in [0.4, 0.5) is 0 Å². The quantitative estimate of drug-likeness (QED) is 0.762. The highest BCUT2D eigenvalue weighted by Crippen LogP contribution is 2.22. The number of nitrogens with zero attached hydrogens (tertiary/aromatic N) is 4. The van der Waals surface area contributed by atoms with Crippen molar-refractivity contribution in [2.45, 2.75) is 33.4 Å². The summed E-state index contributed by atoms with van der Waals surface area (Å²) in [7, 11) is 0. The van der Waals surface area contributed by atoms with Crippen molar-refractivity contribution in [3.8, 4) is 5.75 Å². The smallest absolute Gasteiger partial charge is 0.275 e. The summed E-state index contributed by atoms with van der Waals surface area (Å²) in [6, 6.07) is 7.39. The van der Waals surface area contributed by atoms with E-state index in [1.807, 2.05) is 32.0 Å². The van der Waals surface area contributed by atoms with E-state index >= 15 is 0 Å². The third-order valence-corrected chi connectivity index (χ3v) is 3.96. The molecule has 1 atom stereocenters. The van der Waals surface area contributed by atoms with Crippen molar-refractivity contribution in [3.05, 3.63) is 57.8 Å². The molecule has 0 bridgehead atoms. The van der Waals surface area contributed by atoms with Crippen molar-refractivity contribution in [1.82, 2.24) is 19.2 Å². The zero-order valence-corrected chi connectivity index (χ0v) is 13.9. The van der Waals surface area contributed by atoms with Crippen LogP contribution < -0.4 is 10.3 Å². The van der Waals surface area contributed by atoms with Gasteiger partial charge in [-0.1, -0.05) is 18.2 Å². The van der Waals surface area contributed by atoms with Crippen LogP contribution in [0.1, 0.15) is 16.8 Å². The maximum atomic E-state index is 11.8. The molecule has 0 amide bonds. The van der Waals surface area contributed by atoms with Crippen LogP contribution in [-0.2, 0) is 6.54 Å². The third-order valence-electron chi connectivity index (χ3n) is 3.96. The summed E-state index contributed by atoms with van der Waals surface area (Å²) >= 11 is 0. The standard InChI is InChI=1S/C17H20N4O3/c1-11-5-4-6-12(2)16(11)24-9-14(22)8-20-13(3)7-15(23)21-17(20)18-10-19-21/h4-7,10,14,22H,8-9H2,1-3H3/t14-/m0/s1. The Labute approximate surface area is 139 Å². The van der Waals surface area contributed by atoms with Gasteiger partial charge >= 0.3 is 0 Å².